The number of sulfone groups is 1. The third-order valence-electron chi connectivity index (χ3n) is 5.48. The molecule has 0 unspecified atom stereocenters. The van der Waals surface area contributed by atoms with Gasteiger partial charge in [-0.2, -0.15) is 5.26 Å². The van der Waals surface area contributed by atoms with Crippen LogP contribution in [0.4, 0.5) is 4.39 Å². The van der Waals surface area contributed by atoms with E-state index < -0.39 is 21.6 Å². The summed E-state index contributed by atoms with van der Waals surface area (Å²) in [5.41, 5.74) is 3.35. The normalized spacial score (nSPS) is 11.4. The summed E-state index contributed by atoms with van der Waals surface area (Å²) in [6.07, 6.45) is 2.89. The monoisotopic (exact) mass is 463 g/mol. The van der Waals surface area contributed by atoms with Gasteiger partial charge in [-0.1, -0.05) is 6.07 Å². The molecule has 1 N–H and O–H groups in total. The Balaban J connectivity index is 1.88. The largest absolute Gasteiger partial charge is 0.481 e. The second kappa shape index (κ2) is 8.48. The highest BCUT2D eigenvalue weighted by molar-refractivity contribution is 7.91. The van der Waals surface area contributed by atoms with Gasteiger partial charge in [0.15, 0.2) is 5.03 Å². The quantitative estimate of drug-likeness (QED) is 0.436. The number of aromatic nitrogens is 2. The Morgan fingerprint density at radius 2 is 1.91 bits per heavy atom. The number of aliphatic carboxylic acids is 1. The van der Waals surface area contributed by atoms with Gasteiger partial charge in [0, 0.05) is 30.0 Å². The van der Waals surface area contributed by atoms with Crippen molar-refractivity contribution in [2.24, 2.45) is 0 Å². The second-order valence-corrected chi connectivity index (χ2v) is 9.37. The molecule has 9 heteroatoms. The molecule has 0 aliphatic carbocycles. The lowest BCUT2D eigenvalue weighted by atomic mass is 10.0. The molecule has 0 atom stereocenters. The Bertz CT molecular complexity index is 1530. The van der Waals surface area contributed by atoms with Gasteiger partial charge in [0.1, 0.15) is 11.9 Å². The lowest BCUT2D eigenvalue weighted by Crippen LogP contribution is -2.09. The minimum Gasteiger partial charge on any atom is -0.481 e. The molecule has 3 heterocycles. The van der Waals surface area contributed by atoms with Gasteiger partial charge < -0.3 is 9.51 Å². The highest BCUT2D eigenvalue weighted by Crippen LogP contribution is 2.29. The Kier molecular flexibility index (Phi) is 5.70. The van der Waals surface area contributed by atoms with Gasteiger partial charge in [-0.25, -0.2) is 17.8 Å². The van der Waals surface area contributed by atoms with Gasteiger partial charge in [-0.15, -0.1) is 0 Å². The molecule has 0 aliphatic heterocycles. The van der Waals surface area contributed by atoms with E-state index in [0.717, 1.165) is 12.1 Å². The molecule has 0 radical (unpaired) electrons. The van der Waals surface area contributed by atoms with Crippen LogP contribution in [0.5, 0.6) is 0 Å². The molecule has 0 bridgehead atoms. The fraction of sp³-hybridized carbons (Fsp3) is 0.125. The van der Waals surface area contributed by atoms with Crippen molar-refractivity contribution < 1.29 is 22.7 Å². The van der Waals surface area contributed by atoms with Crippen LogP contribution in [0.1, 0.15) is 27.9 Å². The van der Waals surface area contributed by atoms with Gasteiger partial charge >= 0.3 is 5.97 Å². The molecule has 4 rings (SSSR count). The summed E-state index contributed by atoms with van der Waals surface area (Å²) in [5, 5.41) is 18.5. The molecular formula is C24H18FN3O4S. The van der Waals surface area contributed by atoms with E-state index in [1.165, 1.54) is 18.3 Å². The molecule has 4 aromatic rings. The third kappa shape index (κ3) is 4.08. The maximum atomic E-state index is 13.3. The number of rotatable bonds is 6. The predicted molar refractivity (Wildman–Crippen MR) is 117 cm³/mol. The Morgan fingerprint density at radius 1 is 1.18 bits per heavy atom. The molecule has 0 fully saturated rings. The molecule has 7 nitrogen and oxygen atoms in total. The number of fused-ring (bicyclic) bond motifs is 1. The topological polar surface area (TPSA) is 113 Å². The molecular weight excluding hydrogens is 445 g/mol. The number of hydrogen-bond acceptors (Lipinski definition) is 5. The molecule has 0 amide bonds. The fourth-order valence-electron chi connectivity index (χ4n) is 3.88. The van der Waals surface area contributed by atoms with Crippen LogP contribution < -0.4 is 0 Å². The number of hydrogen-bond donors (Lipinski definition) is 1. The minimum absolute atomic E-state index is 0.0843. The molecule has 0 saturated heterocycles. The standard InChI is InChI=1S/C24H18FN3O4S/c1-15-20(12-23(29)30)21-9-4-16(13-26)14-28(21)22(15)11-17-3-2-10-27-24(17)33(31,32)19-7-5-18(25)6-8-19/h2-10,14H,11-12H2,1H3,(H,29,30). The number of carboxylic acids is 1. The van der Waals surface area contributed by atoms with Gasteiger partial charge in [0.2, 0.25) is 9.84 Å². The summed E-state index contributed by atoms with van der Waals surface area (Å²) in [6.45, 7) is 1.77. The summed E-state index contributed by atoms with van der Waals surface area (Å²) in [5.74, 6) is -1.55. The average Bonchev–Trinajstić information content (AvgIpc) is 3.04. The number of pyridine rings is 2. The van der Waals surface area contributed by atoms with Crippen LogP contribution in [0.25, 0.3) is 5.52 Å². The van der Waals surface area contributed by atoms with E-state index in [2.05, 4.69) is 11.1 Å². The van der Waals surface area contributed by atoms with Gasteiger partial charge in [-0.05, 0) is 66.1 Å². The Hall–Kier alpha value is -4.03. The van der Waals surface area contributed by atoms with Gasteiger partial charge in [0.25, 0.3) is 0 Å². The molecule has 0 saturated carbocycles. The SMILES string of the molecule is Cc1c(CC(=O)O)c2ccc(C#N)cn2c1Cc1cccnc1S(=O)(=O)c1ccc(F)cc1. The van der Waals surface area contributed by atoms with E-state index in [1.54, 1.807) is 41.8 Å². The van der Waals surface area contributed by atoms with Crippen molar-refractivity contribution in [3.05, 3.63) is 94.7 Å². The van der Waals surface area contributed by atoms with Crippen LogP contribution in [-0.2, 0) is 27.5 Å². The first-order valence-corrected chi connectivity index (χ1v) is 11.4. The van der Waals surface area contributed by atoms with Crippen LogP contribution in [0.3, 0.4) is 0 Å². The van der Waals surface area contributed by atoms with Crippen molar-refractivity contribution in [1.82, 2.24) is 9.38 Å². The number of nitriles is 1. The lowest BCUT2D eigenvalue weighted by molar-refractivity contribution is -0.136. The van der Waals surface area contributed by atoms with Crippen molar-refractivity contribution in [2.75, 3.05) is 0 Å². The van der Waals surface area contributed by atoms with Crippen molar-refractivity contribution in [2.45, 2.75) is 29.7 Å². The highest BCUT2D eigenvalue weighted by atomic mass is 32.2. The van der Waals surface area contributed by atoms with Crippen LogP contribution >= 0.6 is 0 Å². The molecule has 3 aromatic heterocycles. The van der Waals surface area contributed by atoms with Crippen LogP contribution in [0.15, 0.2) is 70.8 Å². The summed E-state index contributed by atoms with van der Waals surface area (Å²) in [7, 11) is -4.03. The fourth-order valence-corrected chi connectivity index (χ4v) is 5.28. The zero-order valence-electron chi connectivity index (χ0n) is 17.5. The molecule has 1 aromatic carbocycles. The third-order valence-corrected chi connectivity index (χ3v) is 7.25. The van der Waals surface area contributed by atoms with E-state index in [-0.39, 0.29) is 22.8 Å². The van der Waals surface area contributed by atoms with Crippen LogP contribution in [-0.4, -0.2) is 28.9 Å². The maximum Gasteiger partial charge on any atom is 0.307 e. The average molecular weight is 463 g/mol. The zero-order chi connectivity index (χ0) is 23.8. The van der Waals surface area contributed by atoms with Crippen molar-refractivity contribution in [3.63, 3.8) is 0 Å². The summed E-state index contributed by atoms with van der Waals surface area (Å²) < 4.78 is 41.5. The lowest BCUT2D eigenvalue weighted by Gasteiger charge is -2.11. The summed E-state index contributed by atoms with van der Waals surface area (Å²) in [4.78, 5) is 15.5. The van der Waals surface area contributed by atoms with Crippen molar-refractivity contribution in [3.8, 4) is 6.07 Å². The van der Waals surface area contributed by atoms with E-state index in [9.17, 15) is 28.0 Å². The Labute approximate surface area is 189 Å². The summed E-state index contributed by atoms with van der Waals surface area (Å²) >= 11 is 0. The Morgan fingerprint density at radius 3 is 2.58 bits per heavy atom. The smallest absolute Gasteiger partial charge is 0.307 e. The van der Waals surface area contributed by atoms with E-state index in [0.29, 0.717) is 33.5 Å². The van der Waals surface area contributed by atoms with Crippen LogP contribution in [0.2, 0.25) is 0 Å². The summed E-state index contributed by atoms with van der Waals surface area (Å²) in [6, 6.07) is 13.1. The predicted octanol–water partition coefficient (Wildman–Crippen LogP) is 3.70. The van der Waals surface area contributed by atoms with Crippen molar-refractivity contribution >= 4 is 21.3 Å². The highest BCUT2D eigenvalue weighted by Gasteiger charge is 2.25. The minimum atomic E-state index is -4.03. The zero-order valence-corrected chi connectivity index (χ0v) is 18.3. The second-order valence-electron chi connectivity index (χ2n) is 7.51. The first kappa shape index (κ1) is 22.2. The van der Waals surface area contributed by atoms with E-state index in [1.807, 2.05) is 0 Å². The molecule has 166 valence electrons. The van der Waals surface area contributed by atoms with Gasteiger partial charge in [0.05, 0.1) is 16.9 Å². The number of carbonyl (C=O) groups is 1. The molecule has 33 heavy (non-hydrogen) atoms. The molecule has 0 spiro atoms. The number of benzene rings is 1. The van der Waals surface area contributed by atoms with E-state index >= 15 is 0 Å². The first-order chi connectivity index (χ1) is 15.7. The number of nitrogens with zero attached hydrogens (tertiary/aromatic N) is 3. The molecule has 0 aliphatic rings. The number of carboxylic acid groups (broad SMARTS) is 1. The van der Waals surface area contributed by atoms with E-state index in [4.69, 9.17) is 0 Å². The number of halogens is 1. The maximum absolute atomic E-state index is 13.3. The van der Waals surface area contributed by atoms with Crippen LogP contribution in [0, 0.1) is 24.1 Å². The van der Waals surface area contributed by atoms with Gasteiger partial charge in [-0.3, -0.25) is 4.79 Å². The van der Waals surface area contributed by atoms with Crippen molar-refractivity contribution in [1.29, 1.82) is 5.26 Å². The first-order valence-electron chi connectivity index (χ1n) is 9.91.